The van der Waals surface area contributed by atoms with Crippen molar-refractivity contribution in [2.45, 2.75) is 19.9 Å². The maximum Gasteiger partial charge on any atom is 0.128 e. The van der Waals surface area contributed by atoms with Gasteiger partial charge in [0.05, 0.1) is 6.61 Å². The minimum Gasteiger partial charge on any atom is -0.395 e. The van der Waals surface area contributed by atoms with Crippen molar-refractivity contribution < 1.29 is 9.50 Å². The van der Waals surface area contributed by atoms with Crippen molar-refractivity contribution in [1.29, 1.82) is 0 Å². The van der Waals surface area contributed by atoms with Crippen molar-refractivity contribution in [2.24, 2.45) is 0 Å². The lowest BCUT2D eigenvalue weighted by molar-refractivity contribution is 0.189. The second kappa shape index (κ2) is 7.86. The van der Waals surface area contributed by atoms with Crippen LogP contribution in [-0.2, 0) is 6.54 Å². The number of hydrogen-bond donors (Lipinski definition) is 1. The quantitative estimate of drug-likeness (QED) is 0.850. The Bertz CT molecular complexity index is 554. The first-order valence-corrected chi connectivity index (χ1v) is 7.26. The Morgan fingerprint density at radius 1 is 1.10 bits per heavy atom. The van der Waals surface area contributed by atoms with Crippen LogP contribution in [0, 0.1) is 5.82 Å². The van der Waals surface area contributed by atoms with Gasteiger partial charge in [-0.05, 0) is 42.3 Å². The number of benzene rings is 1. The summed E-state index contributed by atoms with van der Waals surface area (Å²) in [4.78, 5) is 6.03. The standard InChI is InChI=1S/C17H21FN2O/c1-2-9-20(10-11-21)13-16-4-3-15(12-17(16)18)14-5-7-19-8-6-14/h3-8,12,21H,2,9-11,13H2,1H3. The highest BCUT2D eigenvalue weighted by atomic mass is 19.1. The van der Waals surface area contributed by atoms with E-state index in [-0.39, 0.29) is 12.4 Å². The van der Waals surface area contributed by atoms with E-state index in [4.69, 9.17) is 5.11 Å². The predicted octanol–water partition coefficient (Wildman–Crippen LogP) is 3.09. The van der Waals surface area contributed by atoms with E-state index >= 15 is 0 Å². The third kappa shape index (κ3) is 4.34. The Morgan fingerprint density at radius 3 is 2.48 bits per heavy atom. The molecule has 0 radical (unpaired) electrons. The molecular formula is C17H21FN2O. The molecule has 1 aromatic carbocycles. The number of rotatable bonds is 7. The number of hydrogen-bond acceptors (Lipinski definition) is 3. The smallest absolute Gasteiger partial charge is 0.128 e. The average molecular weight is 288 g/mol. The summed E-state index contributed by atoms with van der Waals surface area (Å²) in [5, 5.41) is 9.06. The molecule has 0 bridgehead atoms. The second-order valence-electron chi connectivity index (χ2n) is 5.04. The van der Waals surface area contributed by atoms with Crippen molar-refractivity contribution in [3.63, 3.8) is 0 Å². The van der Waals surface area contributed by atoms with E-state index in [2.05, 4.69) is 16.8 Å². The number of aromatic nitrogens is 1. The Kier molecular flexibility index (Phi) is 5.84. The third-order valence-corrected chi connectivity index (χ3v) is 3.42. The van der Waals surface area contributed by atoms with E-state index < -0.39 is 0 Å². The van der Waals surface area contributed by atoms with Gasteiger partial charge in [0.15, 0.2) is 0 Å². The van der Waals surface area contributed by atoms with Gasteiger partial charge < -0.3 is 5.11 Å². The minimum absolute atomic E-state index is 0.0940. The van der Waals surface area contributed by atoms with Crippen molar-refractivity contribution in [2.75, 3.05) is 19.7 Å². The van der Waals surface area contributed by atoms with Crippen LogP contribution in [0.5, 0.6) is 0 Å². The maximum atomic E-state index is 14.3. The molecule has 1 N–H and O–H groups in total. The largest absolute Gasteiger partial charge is 0.395 e. The van der Waals surface area contributed by atoms with Crippen LogP contribution < -0.4 is 0 Å². The van der Waals surface area contributed by atoms with Crippen LogP contribution in [0.25, 0.3) is 11.1 Å². The normalized spacial score (nSPS) is 11.0. The monoisotopic (exact) mass is 288 g/mol. The van der Waals surface area contributed by atoms with Crippen LogP contribution in [0.3, 0.4) is 0 Å². The fourth-order valence-corrected chi connectivity index (χ4v) is 2.37. The van der Waals surface area contributed by atoms with Crippen LogP contribution in [0.2, 0.25) is 0 Å². The molecule has 0 aliphatic heterocycles. The van der Waals surface area contributed by atoms with E-state index in [1.165, 1.54) is 0 Å². The number of aliphatic hydroxyl groups excluding tert-OH is 1. The van der Waals surface area contributed by atoms with Crippen LogP contribution in [0.15, 0.2) is 42.7 Å². The molecule has 2 aromatic rings. The van der Waals surface area contributed by atoms with Gasteiger partial charge in [0.2, 0.25) is 0 Å². The molecule has 0 unspecified atom stereocenters. The first-order valence-electron chi connectivity index (χ1n) is 7.26. The Labute approximate surface area is 125 Å². The molecule has 1 heterocycles. The van der Waals surface area contributed by atoms with Gasteiger partial charge >= 0.3 is 0 Å². The molecule has 0 aliphatic rings. The van der Waals surface area contributed by atoms with Gasteiger partial charge in [0.25, 0.3) is 0 Å². The van der Waals surface area contributed by atoms with E-state index in [0.717, 1.165) is 24.1 Å². The summed E-state index contributed by atoms with van der Waals surface area (Å²) in [6.45, 7) is 4.12. The first kappa shape index (κ1) is 15.6. The molecule has 4 heteroatoms. The van der Waals surface area contributed by atoms with Crippen molar-refractivity contribution in [1.82, 2.24) is 9.88 Å². The summed E-state index contributed by atoms with van der Waals surface area (Å²) in [6, 6.07) is 9.04. The van der Waals surface area contributed by atoms with Crippen LogP contribution in [0.1, 0.15) is 18.9 Å². The molecule has 0 spiro atoms. The van der Waals surface area contributed by atoms with Gasteiger partial charge in [-0.15, -0.1) is 0 Å². The van der Waals surface area contributed by atoms with Crippen LogP contribution in [0.4, 0.5) is 4.39 Å². The number of nitrogens with zero attached hydrogens (tertiary/aromatic N) is 2. The molecule has 1 aromatic heterocycles. The lowest BCUT2D eigenvalue weighted by Gasteiger charge is -2.21. The highest BCUT2D eigenvalue weighted by Crippen LogP contribution is 2.22. The molecule has 0 saturated carbocycles. The molecule has 0 amide bonds. The molecule has 21 heavy (non-hydrogen) atoms. The van der Waals surface area contributed by atoms with Crippen molar-refractivity contribution in [3.8, 4) is 11.1 Å². The molecule has 0 fully saturated rings. The average Bonchev–Trinajstić information content (AvgIpc) is 2.50. The maximum absolute atomic E-state index is 14.3. The molecule has 2 rings (SSSR count). The summed E-state index contributed by atoms with van der Waals surface area (Å²) in [5.41, 5.74) is 2.47. The summed E-state index contributed by atoms with van der Waals surface area (Å²) in [6.07, 6.45) is 4.38. The van der Waals surface area contributed by atoms with E-state index in [1.807, 2.05) is 24.3 Å². The first-order chi connectivity index (χ1) is 10.2. The summed E-state index contributed by atoms with van der Waals surface area (Å²) in [5.74, 6) is -0.205. The summed E-state index contributed by atoms with van der Waals surface area (Å²) in [7, 11) is 0. The van der Waals surface area contributed by atoms with E-state index in [9.17, 15) is 4.39 Å². The van der Waals surface area contributed by atoms with Gasteiger partial charge in [0.1, 0.15) is 5.82 Å². The fourth-order valence-electron chi connectivity index (χ4n) is 2.37. The predicted molar refractivity (Wildman–Crippen MR) is 82.3 cm³/mol. The third-order valence-electron chi connectivity index (χ3n) is 3.42. The lowest BCUT2D eigenvalue weighted by atomic mass is 10.0. The number of pyridine rings is 1. The fraction of sp³-hybridized carbons (Fsp3) is 0.353. The van der Waals surface area contributed by atoms with Gasteiger partial charge in [-0.3, -0.25) is 9.88 Å². The zero-order chi connectivity index (χ0) is 15.1. The Balaban J connectivity index is 2.15. The molecule has 0 aliphatic carbocycles. The molecule has 0 saturated heterocycles. The zero-order valence-corrected chi connectivity index (χ0v) is 12.3. The van der Waals surface area contributed by atoms with Crippen molar-refractivity contribution >= 4 is 0 Å². The minimum atomic E-state index is -0.205. The number of aliphatic hydroxyl groups is 1. The Hall–Kier alpha value is -1.78. The summed E-state index contributed by atoms with van der Waals surface area (Å²) >= 11 is 0. The molecule has 112 valence electrons. The van der Waals surface area contributed by atoms with E-state index in [1.54, 1.807) is 18.5 Å². The van der Waals surface area contributed by atoms with Gasteiger partial charge in [0, 0.05) is 31.0 Å². The zero-order valence-electron chi connectivity index (χ0n) is 12.3. The Morgan fingerprint density at radius 2 is 1.86 bits per heavy atom. The molecule has 0 atom stereocenters. The van der Waals surface area contributed by atoms with Crippen LogP contribution in [-0.4, -0.2) is 34.7 Å². The van der Waals surface area contributed by atoms with E-state index in [0.29, 0.717) is 18.7 Å². The van der Waals surface area contributed by atoms with Gasteiger partial charge in [-0.2, -0.15) is 0 Å². The second-order valence-corrected chi connectivity index (χ2v) is 5.04. The van der Waals surface area contributed by atoms with Gasteiger partial charge in [-0.1, -0.05) is 19.1 Å². The van der Waals surface area contributed by atoms with Crippen molar-refractivity contribution in [3.05, 3.63) is 54.1 Å². The lowest BCUT2D eigenvalue weighted by Crippen LogP contribution is -2.27. The molecule has 3 nitrogen and oxygen atoms in total. The van der Waals surface area contributed by atoms with Crippen LogP contribution >= 0.6 is 0 Å². The van der Waals surface area contributed by atoms with Gasteiger partial charge in [-0.25, -0.2) is 4.39 Å². The molecular weight excluding hydrogens is 267 g/mol. The topological polar surface area (TPSA) is 36.4 Å². The number of halogens is 1. The highest BCUT2D eigenvalue weighted by Gasteiger charge is 2.10. The summed E-state index contributed by atoms with van der Waals surface area (Å²) < 4.78 is 14.3. The highest BCUT2D eigenvalue weighted by molar-refractivity contribution is 5.63. The SMILES string of the molecule is CCCN(CCO)Cc1ccc(-c2ccncc2)cc1F.